The lowest BCUT2D eigenvalue weighted by Crippen LogP contribution is -2.41. The van der Waals surface area contributed by atoms with Gasteiger partial charge < -0.3 is 25.6 Å². The number of rotatable bonds is 10. The van der Waals surface area contributed by atoms with Gasteiger partial charge in [-0.05, 0) is 42.2 Å². The van der Waals surface area contributed by atoms with Crippen LogP contribution in [0.3, 0.4) is 0 Å². The number of halogens is 1. The van der Waals surface area contributed by atoms with Crippen molar-refractivity contribution in [1.82, 2.24) is 25.5 Å². The Morgan fingerprint density at radius 1 is 1.11 bits per heavy atom. The highest BCUT2D eigenvalue weighted by molar-refractivity contribution is 6.09. The number of aromatic nitrogens is 2. The van der Waals surface area contributed by atoms with Crippen LogP contribution in [0.2, 0.25) is 0 Å². The van der Waals surface area contributed by atoms with Crippen molar-refractivity contribution in [1.29, 1.82) is 0 Å². The van der Waals surface area contributed by atoms with Crippen LogP contribution in [-0.2, 0) is 11.2 Å². The molecule has 38 heavy (non-hydrogen) atoms. The molecule has 0 saturated carbocycles. The molecule has 1 aliphatic heterocycles. The fourth-order valence-electron chi connectivity index (χ4n) is 4.16. The van der Waals surface area contributed by atoms with Gasteiger partial charge in [0.1, 0.15) is 17.0 Å². The molecule has 1 aromatic carbocycles. The van der Waals surface area contributed by atoms with Gasteiger partial charge in [-0.3, -0.25) is 19.5 Å². The normalized spacial score (nSPS) is 14.8. The van der Waals surface area contributed by atoms with Crippen LogP contribution in [0.5, 0.6) is 5.75 Å². The minimum Gasteiger partial charge on any atom is -0.504 e. The van der Waals surface area contributed by atoms with Gasteiger partial charge in [0.25, 0.3) is 11.8 Å². The lowest BCUT2D eigenvalue weighted by molar-refractivity contribution is 0.0383. The number of pyridine rings is 2. The number of ether oxygens (including phenoxy) is 1. The summed E-state index contributed by atoms with van der Waals surface area (Å²) in [5.41, 5.74) is 1.22. The summed E-state index contributed by atoms with van der Waals surface area (Å²) in [4.78, 5) is 36.8. The predicted molar refractivity (Wildman–Crippen MR) is 139 cm³/mol. The molecule has 1 unspecified atom stereocenters. The van der Waals surface area contributed by atoms with Gasteiger partial charge >= 0.3 is 0 Å². The number of nitrogens with zero attached hydrogens (tertiary/aromatic N) is 3. The first-order chi connectivity index (χ1) is 18.4. The summed E-state index contributed by atoms with van der Waals surface area (Å²) in [7, 11) is 0. The molecule has 4 rings (SSSR count). The van der Waals surface area contributed by atoms with Gasteiger partial charge in [0.2, 0.25) is 0 Å². The van der Waals surface area contributed by atoms with Crippen LogP contribution in [0.25, 0.3) is 10.9 Å². The Hall–Kier alpha value is -3.67. The van der Waals surface area contributed by atoms with E-state index in [4.69, 9.17) is 4.74 Å². The highest BCUT2D eigenvalue weighted by Crippen LogP contribution is 2.29. The smallest absolute Gasteiger partial charge is 0.273 e. The molecule has 0 radical (unpaired) electrons. The maximum atomic E-state index is 13.3. The van der Waals surface area contributed by atoms with Gasteiger partial charge in [-0.15, -0.1) is 0 Å². The van der Waals surface area contributed by atoms with E-state index >= 15 is 0 Å². The van der Waals surface area contributed by atoms with Crippen molar-refractivity contribution in [2.24, 2.45) is 0 Å². The lowest BCUT2D eigenvalue weighted by atomic mass is 10.0. The van der Waals surface area contributed by atoms with E-state index in [1.54, 1.807) is 25.1 Å². The number of carbonyl (C=O) groups is 2. The molecule has 3 aromatic rings. The summed E-state index contributed by atoms with van der Waals surface area (Å²) in [6, 6.07) is 7.74. The fourth-order valence-corrected chi connectivity index (χ4v) is 4.16. The quantitative estimate of drug-likeness (QED) is 0.314. The zero-order chi connectivity index (χ0) is 27.1. The average molecular weight is 526 g/mol. The van der Waals surface area contributed by atoms with Gasteiger partial charge in [-0.1, -0.05) is 19.1 Å². The Kier molecular flexibility index (Phi) is 9.16. The summed E-state index contributed by atoms with van der Waals surface area (Å²) in [6.07, 6.45) is 1.64. The molecular weight excluding hydrogens is 493 g/mol. The highest BCUT2D eigenvalue weighted by atomic mass is 19.1. The Labute approximate surface area is 219 Å². The van der Waals surface area contributed by atoms with Crippen molar-refractivity contribution in [3.8, 4) is 5.75 Å². The van der Waals surface area contributed by atoms with Gasteiger partial charge in [-0.2, -0.15) is 0 Å². The van der Waals surface area contributed by atoms with Crippen molar-refractivity contribution < 1.29 is 28.9 Å². The molecular formula is C27H32FN5O5. The van der Waals surface area contributed by atoms with E-state index in [0.29, 0.717) is 39.1 Å². The van der Waals surface area contributed by atoms with Crippen molar-refractivity contribution in [3.63, 3.8) is 0 Å². The van der Waals surface area contributed by atoms with Crippen LogP contribution >= 0.6 is 0 Å². The highest BCUT2D eigenvalue weighted by Gasteiger charge is 2.24. The summed E-state index contributed by atoms with van der Waals surface area (Å²) >= 11 is 0. The SMILES string of the molecule is CCC(O)CNC(=O)c1nc(C(=O)NCCN2CCOCC2)c2cc(Cc3ccc(F)cc3)cnc2c1O. The second-order valence-electron chi connectivity index (χ2n) is 9.18. The average Bonchev–Trinajstić information content (AvgIpc) is 2.93. The number of benzene rings is 1. The maximum Gasteiger partial charge on any atom is 0.273 e. The van der Waals surface area contributed by atoms with Crippen LogP contribution in [0.15, 0.2) is 36.5 Å². The minimum absolute atomic E-state index is 0.0282. The summed E-state index contributed by atoms with van der Waals surface area (Å²) < 4.78 is 18.7. The minimum atomic E-state index is -0.753. The third-order valence-electron chi connectivity index (χ3n) is 6.41. The molecule has 1 atom stereocenters. The van der Waals surface area contributed by atoms with Crippen LogP contribution in [0.1, 0.15) is 45.4 Å². The zero-order valence-electron chi connectivity index (χ0n) is 21.2. The largest absolute Gasteiger partial charge is 0.504 e. The molecule has 0 spiro atoms. The molecule has 3 heterocycles. The van der Waals surface area contributed by atoms with Crippen molar-refractivity contribution in [3.05, 3.63) is 64.9 Å². The Bertz CT molecular complexity index is 1280. The molecule has 0 aliphatic carbocycles. The number of aliphatic hydroxyl groups excluding tert-OH is 1. The summed E-state index contributed by atoms with van der Waals surface area (Å²) in [6.45, 7) is 5.57. The number of hydrogen-bond acceptors (Lipinski definition) is 8. The fraction of sp³-hybridized carbons (Fsp3) is 0.407. The molecule has 2 aromatic heterocycles. The molecule has 4 N–H and O–H groups in total. The van der Waals surface area contributed by atoms with Crippen molar-refractivity contribution >= 4 is 22.7 Å². The number of nitrogens with one attached hydrogen (secondary N) is 2. The lowest BCUT2D eigenvalue weighted by Gasteiger charge is -2.26. The first-order valence-electron chi connectivity index (χ1n) is 12.7. The number of amides is 2. The second kappa shape index (κ2) is 12.7. The predicted octanol–water partition coefficient (Wildman–Crippen LogP) is 1.63. The van der Waals surface area contributed by atoms with Gasteiger partial charge in [0, 0.05) is 44.3 Å². The van der Waals surface area contributed by atoms with E-state index in [0.717, 1.165) is 24.2 Å². The molecule has 11 heteroatoms. The van der Waals surface area contributed by atoms with E-state index in [9.17, 15) is 24.2 Å². The third-order valence-corrected chi connectivity index (χ3v) is 6.41. The number of aliphatic hydroxyl groups is 1. The van der Waals surface area contributed by atoms with E-state index in [1.807, 2.05) is 0 Å². The number of fused-ring (bicyclic) bond motifs is 1. The molecule has 202 valence electrons. The van der Waals surface area contributed by atoms with Crippen LogP contribution in [0.4, 0.5) is 4.39 Å². The maximum absolute atomic E-state index is 13.3. The van der Waals surface area contributed by atoms with Crippen molar-refractivity contribution in [2.75, 3.05) is 45.9 Å². The van der Waals surface area contributed by atoms with E-state index in [2.05, 4.69) is 25.5 Å². The number of carbonyl (C=O) groups excluding carboxylic acids is 2. The first kappa shape index (κ1) is 27.4. The second-order valence-corrected chi connectivity index (χ2v) is 9.18. The number of aromatic hydroxyl groups is 1. The molecule has 10 nitrogen and oxygen atoms in total. The van der Waals surface area contributed by atoms with E-state index < -0.39 is 23.7 Å². The number of hydrogen-bond donors (Lipinski definition) is 4. The van der Waals surface area contributed by atoms with Crippen LogP contribution in [-0.4, -0.2) is 88.9 Å². The van der Waals surface area contributed by atoms with Crippen LogP contribution in [0, 0.1) is 5.82 Å². The molecule has 2 amide bonds. The molecule has 1 saturated heterocycles. The Morgan fingerprint density at radius 2 is 1.82 bits per heavy atom. The number of morpholine rings is 1. The monoisotopic (exact) mass is 525 g/mol. The van der Waals surface area contributed by atoms with Gasteiger partial charge in [0.15, 0.2) is 11.4 Å². The first-order valence-corrected chi connectivity index (χ1v) is 12.7. The zero-order valence-corrected chi connectivity index (χ0v) is 21.2. The summed E-state index contributed by atoms with van der Waals surface area (Å²) in [5, 5.41) is 26.3. The van der Waals surface area contributed by atoms with Gasteiger partial charge in [-0.25, -0.2) is 9.37 Å². The summed E-state index contributed by atoms with van der Waals surface area (Å²) in [5.74, 6) is -2.03. The van der Waals surface area contributed by atoms with E-state index in [1.165, 1.54) is 18.3 Å². The Balaban J connectivity index is 1.64. The van der Waals surface area contributed by atoms with Crippen molar-refractivity contribution in [2.45, 2.75) is 25.9 Å². The molecule has 1 fully saturated rings. The third kappa shape index (κ3) is 6.80. The van der Waals surface area contributed by atoms with Crippen LogP contribution < -0.4 is 10.6 Å². The standard InChI is InChI=1S/C27H32FN5O5/c1-2-20(34)16-31-27(37)24-25(35)22-21(14-18(15-30-22)13-17-3-5-19(28)6-4-17)23(32-24)26(36)29-7-8-33-9-11-38-12-10-33/h3-6,14-15,20,34-35H,2,7-13,16H2,1H3,(H,29,36)(H,31,37). The topological polar surface area (TPSA) is 137 Å². The van der Waals surface area contributed by atoms with E-state index in [-0.39, 0.29) is 34.7 Å². The molecule has 1 aliphatic rings. The van der Waals surface area contributed by atoms with Gasteiger partial charge in [0.05, 0.1) is 19.3 Å². The Morgan fingerprint density at radius 3 is 2.53 bits per heavy atom. The molecule has 0 bridgehead atoms.